The number of rotatable bonds is 6. The van der Waals surface area contributed by atoms with Crippen LogP contribution in [0.3, 0.4) is 0 Å². The lowest BCUT2D eigenvalue weighted by molar-refractivity contribution is -0.143. The highest BCUT2D eigenvalue weighted by molar-refractivity contribution is 5.82. The number of benzene rings is 2. The van der Waals surface area contributed by atoms with Gasteiger partial charge in [0.15, 0.2) is 17.5 Å². The molecule has 1 aliphatic carbocycles. The molecule has 7 heteroatoms. The number of hydrogen-bond acceptors (Lipinski definition) is 5. The summed E-state index contributed by atoms with van der Waals surface area (Å²) >= 11 is 0. The Morgan fingerprint density at radius 2 is 1.79 bits per heavy atom. The zero-order valence-corrected chi connectivity index (χ0v) is 15.2. The molecule has 0 aromatic heterocycles. The minimum atomic E-state index is -1.15. The maximum absolute atomic E-state index is 12.8. The van der Waals surface area contributed by atoms with Crippen LogP contribution in [0.2, 0.25) is 0 Å². The topological polar surface area (TPSA) is 85.3 Å². The van der Waals surface area contributed by atoms with Crippen molar-refractivity contribution in [3.8, 4) is 11.5 Å². The first-order chi connectivity index (χ1) is 13.6. The van der Waals surface area contributed by atoms with Crippen molar-refractivity contribution >= 4 is 12.1 Å². The summed E-state index contributed by atoms with van der Waals surface area (Å²) in [5.74, 6) is -0.0487. The number of carboxylic acid groups (broad SMARTS) is 1. The number of fused-ring (bicyclic) bond motifs is 1. The van der Waals surface area contributed by atoms with Crippen molar-refractivity contribution < 1.29 is 28.9 Å². The van der Waals surface area contributed by atoms with E-state index in [9.17, 15) is 14.7 Å². The summed E-state index contributed by atoms with van der Waals surface area (Å²) in [6.07, 6.45) is 0.887. The van der Waals surface area contributed by atoms with E-state index < -0.39 is 18.1 Å². The van der Waals surface area contributed by atoms with E-state index in [1.54, 1.807) is 18.2 Å². The number of hydrogen-bond donors (Lipinski definition) is 1. The van der Waals surface area contributed by atoms with Gasteiger partial charge < -0.3 is 19.3 Å². The summed E-state index contributed by atoms with van der Waals surface area (Å²) in [4.78, 5) is 26.2. The van der Waals surface area contributed by atoms with E-state index in [2.05, 4.69) is 0 Å². The summed E-state index contributed by atoms with van der Waals surface area (Å²) in [5, 5.41) is 9.89. The third kappa shape index (κ3) is 3.88. The van der Waals surface area contributed by atoms with Gasteiger partial charge in [-0.2, -0.15) is 0 Å². The Morgan fingerprint density at radius 3 is 2.46 bits per heavy atom. The molecule has 4 rings (SSSR count). The second kappa shape index (κ2) is 7.80. The van der Waals surface area contributed by atoms with E-state index in [1.807, 2.05) is 30.3 Å². The van der Waals surface area contributed by atoms with Crippen LogP contribution in [0.25, 0.3) is 0 Å². The highest BCUT2D eigenvalue weighted by Crippen LogP contribution is 2.39. The zero-order chi connectivity index (χ0) is 19.5. The van der Waals surface area contributed by atoms with Crippen molar-refractivity contribution in [2.45, 2.75) is 31.5 Å². The third-order valence-corrected chi connectivity index (χ3v) is 4.75. The monoisotopic (exact) mass is 383 g/mol. The Balaban J connectivity index is 1.57. The van der Waals surface area contributed by atoms with Crippen LogP contribution in [0, 0.1) is 0 Å². The molecule has 1 fully saturated rings. The van der Waals surface area contributed by atoms with Crippen molar-refractivity contribution in [1.29, 1.82) is 0 Å². The summed E-state index contributed by atoms with van der Waals surface area (Å²) in [5.41, 5.74) is 1.30. The second-order valence-corrected chi connectivity index (χ2v) is 6.82. The van der Waals surface area contributed by atoms with Gasteiger partial charge in [0.2, 0.25) is 0 Å². The van der Waals surface area contributed by atoms with Gasteiger partial charge in [-0.25, -0.2) is 9.59 Å². The normalized spacial score (nSPS) is 16.1. The average Bonchev–Trinajstić information content (AvgIpc) is 3.55. The summed E-state index contributed by atoms with van der Waals surface area (Å²) in [6, 6.07) is 13.0. The van der Waals surface area contributed by atoms with E-state index in [0.717, 1.165) is 18.4 Å². The fraction of sp³-hybridized carbons (Fsp3) is 0.333. The fourth-order valence-corrected chi connectivity index (χ4v) is 3.26. The maximum Gasteiger partial charge on any atom is 0.411 e. The number of ether oxygens (including phenoxy) is 3. The molecule has 0 spiro atoms. The Bertz CT molecular complexity index is 864. The molecular weight excluding hydrogens is 362 g/mol. The third-order valence-electron chi connectivity index (χ3n) is 4.75. The predicted octanol–water partition coefficient (Wildman–Crippen LogP) is 3.38. The van der Waals surface area contributed by atoms with Crippen LogP contribution < -0.4 is 9.47 Å². The van der Waals surface area contributed by atoms with Gasteiger partial charge in [0.1, 0.15) is 19.8 Å². The molecule has 0 radical (unpaired) electrons. The number of aliphatic carboxylic acids is 1. The van der Waals surface area contributed by atoms with Gasteiger partial charge in [0, 0.05) is 6.04 Å². The number of carbonyl (C=O) groups is 2. The zero-order valence-electron chi connectivity index (χ0n) is 15.2. The van der Waals surface area contributed by atoms with Gasteiger partial charge in [-0.1, -0.05) is 36.4 Å². The summed E-state index contributed by atoms with van der Waals surface area (Å²) in [6.45, 7) is 0.949. The number of amides is 1. The lowest BCUT2D eigenvalue weighted by atomic mass is 10.0. The standard InChI is InChI=1S/C21H21NO6/c23-20(24)19(15-6-9-17-18(12-15)27-11-10-26-17)22(16-7-8-16)21(25)28-13-14-4-2-1-3-5-14/h1-6,9,12,16,19H,7-8,10-11,13H2,(H,23,24). The van der Waals surface area contributed by atoms with Gasteiger partial charge in [-0.05, 0) is 36.1 Å². The van der Waals surface area contributed by atoms with Crippen LogP contribution in [0.1, 0.15) is 30.0 Å². The van der Waals surface area contributed by atoms with Gasteiger partial charge >= 0.3 is 12.1 Å². The largest absolute Gasteiger partial charge is 0.486 e. The molecule has 7 nitrogen and oxygen atoms in total. The quantitative estimate of drug-likeness (QED) is 0.823. The van der Waals surface area contributed by atoms with Crippen molar-refractivity contribution in [3.63, 3.8) is 0 Å². The molecular formula is C21H21NO6. The van der Waals surface area contributed by atoms with Crippen LogP contribution in [0.15, 0.2) is 48.5 Å². The smallest absolute Gasteiger partial charge is 0.411 e. The second-order valence-electron chi connectivity index (χ2n) is 6.82. The van der Waals surface area contributed by atoms with Crippen LogP contribution in [0.4, 0.5) is 4.79 Å². The van der Waals surface area contributed by atoms with Gasteiger partial charge in [-0.3, -0.25) is 4.90 Å². The lowest BCUT2D eigenvalue weighted by Gasteiger charge is -2.29. The molecule has 1 N–H and O–H groups in total. The molecule has 146 valence electrons. The maximum atomic E-state index is 12.8. The predicted molar refractivity (Wildman–Crippen MR) is 99.3 cm³/mol. The van der Waals surface area contributed by atoms with Crippen molar-refractivity contribution in [1.82, 2.24) is 4.90 Å². The number of carbonyl (C=O) groups excluding carboxylic acids is 1. The summed E-state index contributed by atoms with van der Waals surface area (Å²) < 4.78 is 16.5. The van der Waals surface area contributed by atoms with E-state index in [0.29, 0.717) is 30.3 Å². The van der Waals surface area contributed by atoms with Gasteiger partial charge in [0.25, 0.3) is 0 Å². The number of carboxylic acids is 1. The molecule has 1 aliphatic heterocycles. The average molecular weight is 383 g/mol. The Labute approximate surface area is 162 Å². The highest BCUT2D eigenvalue weighted by atomic mass is 16.6. The molecule has 0 saturated heterocycles. The van der Waals surface area contributed by atoms with Crippen LogP contribution in [0.5, 0.6) is 11.5 Å². The Kier molecular flexibility index (Phi) is 5.06. The first-order valence-electron chi connectivity index (χ1n) is 9.25. The molecule has 1 unspecified atom stereocenters. The molecule has 1 saturated carbocycles. The van der Waals surface area contributed by atoms with Gasteiger partial charge in [0.05, 0.1) is 0 Å². The van der Waals surface area contributed by atoms with E-state index in [-0.39, 0.29) is 12.6 Å². The SMILES string of the molecule is O=C(O)C(c1ccc2c(c1)OCCO2)N(C(=O)OCc1ccccc1)C1CC1. The highest BCUT2D eigenvalue weighted by Gasteiger charge is 2.42. The van der Waals surface area contributed by atoms with Gasteiger partial charge in [-0.15, -0.1) is 0 Å². The van der Waals surface area contributed by atoms with E-state index in [1.165, 1.54) is 4.90 Å². The van der Waals surface area contributed by atoms with Crippen LogP contribution in [-0.4, -0.2) is 41.3 Å². The Hall–Kier alpha value is -3.22. The molecule has 2 aromatic carbocycles. The van der Waals surface area contributed by atoms with Crippen LogP contribution in [-0.2, 0) is 16.1 Å². The van der Waals surface area contributed by atoms with Crippen molar-refractivity contribution in [2.24, 2.45) is 0 Å². The first kappa shape index (κ1) is 18.2. The van der Waals surface area contributed by atoms with Crippen molar-refractivity contribution in [3.05, 3.63) is 59.7 Å². The van der Waals surface area contributed by atoms with E-state index in [4.69, 9.17) is 14.2 Å². The first-order valence-corrected chi connectivity index (χ1v) is 9.25. The molecule has 1 amide bonds. The molecule has 0 bridgehead atoms. The minimum absolute atomic E-state index is 0.0936. The molecule has 2 aliphatic rings. The van der Waals surface area contributed by atoms with Crippen molar-refractivity contribution in [2.75, 3.05) is 13.2 Å². The summed E-state index contributed by atoms with van der Waals surface area (Å²) in [7, 11) is 0. The number of nitrogens with zero attached hydrogens (tertiary/aromatic N) is 1. The molecule has 2 aromatic rings. The molecule has 1 atom stereocenters. The lowest BCUT2D eigenvalue weighted by Crippen LogP contribution is -2.41. The van der Waals surface area contributed by atoms with E-state index >= 15 is 0 Å². The fourth-order valence-electron chi connectivity index (χ4n) is 3.26. The minimum Gasteiger partial charge on any atom is -0.486 e. The molecule has 1 heterocycles. The molecule has 28 heavy (non-hydrogen) atoms. The Morgan fingerprint density at radius 1 is 1.07 bits per heavy atom. The van der Waals surface area contributed by atoms with Crippen LogP contribution >= 0.6 is 0 Å².